The second kappa shape index (κ2) is 12.7. The molecule has 4 aromatic rings. The maximum Gasteiger partial charge on any atom is 0.237 e. The Morgan fingerprint density at radius 2 is 1.84 bits per heavy atom. The van der Waals surface area contributed by atoms with Gasteiger partial charge in [-0.3, -0.25) is 29.5 Å². The first-order chi connectivity index (χ1) is 21.6. The highest BCUT2D eigenvalue weighted by Gasteiger charge is 2.45. The van der Waals surface area contributed by atoms with Crippen LogP contribution in [0.5, 0.6) is 0 Å². The molecule has 6 heterocycles. The third-order valence-electron chi connectivity index (χ3n) is 9.52. The van der Waals surface area contributed by atoms with Crippen molar-refractivity contribution in [2.24, 2.45) is 5.41 Å². The summed E-state index contributed by atoms with van der Waals surface area (Å²) in [5, 5.41) is 16.4. The Bertz CT molecular complexity index is 1640. The Morgan fingerprint density at radius 3 is 2.61 bits per heavy atom. The van der Waals surface area contributed by atoms with Crippen molar-refractivity contribution in [3.8, 4) is 11.3 Å². The van der Waals surface area contributed by atoms with E-state index in [9.17, 15) is 9.59 Å². The van der Waals surface area contributed by atoms with Crippen molar-refractivity contribution in [1.29, 1.82) is 0 Å². The van der Waals surface area contributed by atoms with Crippen molar-refractivity contribution >= 4 is 39.5 Å². The number of thiophene rings is 1. The predicted octanol–water partition coefficient (Wildman–Crippen LogP) is 3.71. The summed E-state index contributed by atoms with van der Waals surface area (Å²) in [5.74, 6) is 0.422. The zero-order valence-corrected chi connectivity index (χ0v) is 25.8. The lowest BCUT2D eigenvalue weighted by atomic mass is 9.79. The number of carbonyl (C=O) groups excluding carboxylic acids is 2. The Balaban J connectivity index is 1.06. The molecule has 1 amide bonds. The maximum atomic E-state index is 14.3. The molecule has 10 heteroatoms. The largest absolute Gasteiger partial charge is 0.338 e. The quantitative estimate of drug-likeness (QED) is 0.299. The molecule has 2 saturated heterocycles. The zero-order valence-electron chi connectivity index (χ0n) is 25.0. The number of aromatic amines is 1. The molecule has 0 spiro atoms. The van der Waals surface area contributed by atoms with E-state index in [0.29, 0.717) is 26.1 Å². The van der Waals surface area contributed by atoms with Gasteiger partial charge in [0.25, 0.3) is 0 Å². The number of likely N-dealkylation sites (tertiary alicyclic amines) is 1. The van der Waals surface area contributed by atoms with Gasteiger partial charge in [0.1, 0.15) is 11.5 Å². The Morgan fingerprint density at radius 1 is 0.977 bits per heavy atom. The number of Topliss-reactive ketones (excluding diaryl/α,β-unsaturated/α-hetero) is 1. The minimum Gasteiger partial charge on any atom is -0.338 e. The fraction of sp³-hybridized carbons (Fsp3) is 0.412. The molecule has 0 saturated carbocycles. The molecule has 1 unspecified atom stereocenters. The molecule has 44 heavy (non-hydrogen) atoms. The van der Waals surface area contributed by atoms with E-state index in [1.807, 2.05) is 29.2 Å². The van der Waals surface area contributed by atoms with Crippen LogP contribution in [0.2, 0.25) is 0 Å². The van der Waals surface area contributed by atoms with E-state index in [0.717, 1.165) is 86.4 Å². The Hall–Kier alpha value is -3.70. The number of amides is 1. The number of nitrogens with zero attached hydrogens (tertiary/aromatic N) is 5. The topological polar surface area (TPSA) is 97.5 Å². The number of benzene rings is 1. The lowest BCUT2D eigenvalue weighted by Gasteiger charge is -2.37. The normalized spacial score (nSPS) is 21.5. The van der Waals surface area contributed by atoms with Crippen molar-refractivity contribution < 1.29 is 9.59 Å². The molecule has 0 bridgehead atoms. The number of ketones is 1. The van der Waals surface area contributed by atoms with E-state index in [1.54, 1.807) is 23.7 Å². The van der Waals surface area contributed by atoms with Gasteiger partial charge in [-0.25, -0.2) is 0 Å². The monoisotopic (exact) mass is 609 g/mol. The second-order valence-electron chi connectivity index (χ2n) is 12.4. The summed E-state index contributed by atoms with van der Waals surface area (Å²) < 4.78 is 0. The van der Waals surface area contributed by atoms with Crippen molar-refractivity contribution in [3.05, 3.63) is 76.8 Å². The highest BCUT2D eigenvalue weighted by atomic mass is 32.1. The molecule has 3 aliphatic rings. The average Bonchev–Trinajstić information content (AvgIpc) is 3.83. The summed E-state index contributed by atoms with van der Waals surface area (Å²) in [7, 11) is 0. The summed E-state index contributed by atoms with van der Waals surface area (Å²) in [6, 6.07) is 12.2. The number of fused-ring (bicyclic) bond motifs is 1. The van der Waals surface area contributed by atoms with Gasteiger partial charge in [-0.2, -0.15) is 16.4 Å². The lowest BCUT2D eigenvalue weighted by molar-refractivity contribution is -0.133. The molecular weight excluding hydrogens is 570 g/mol. The minimum absolute atomic E-state index is 0.157. The number of nitrogens with one attached hydrogen (secondary N) is 2. The highest BCUT2D eigenvalue weighted by molar-refractivity contribution is 7.08. The molecule has 1 atom stereocenters. The second-order valence-corrected chi connectivity index (χ2v) is 13.2. The average molecular weight is 610 g/mol. The highest BCUT2D eigenvalue weighted by Crippen LogP contribution is 2.35. The van der Waals surface area contributed by atoms with Crippen molar-refractivity contribution in [2.75, 3.05) is 65.4 Å². The van der Waals surface area contributed by atoms with E-state index < -0.39 is 5.41 Å². The molecule has 1 aromatic carbocycles. The summed E-state index contributed by atoms with van der Waals surface area (Å²) in [6.07, 6.45) is 7.77. The van der Waals surface area contributed by atoms with Gasteiger partial charge in [0, 0.05) is 82.1 Å². The summed E-state index contributed by atoms with van der Waals surface area (Å²) >= 11 is 1.71. The van der Waals surface area contributed by atoms with E-state index in [-0.39, 0.29) is 11.7 Å². The third-order valence-corrected chi connectivity index (χ3v) is 10.2. The number of pyridine rings is 1. The van der Waals surface area contributed by atoms with Crippen LogP contribution in [0.1, 0.15) is 24.0 Å². The standard InChI is InChI=1S/C34H39N7O2S/c42-31(20-25-1-2-30-29(19-25)33(38-37-30)27-3-9-35-10-4-27)34(23-39-16-11-36-12-17-39)8-15-40(24-34)21-32(43)41-13-5-26(6-14-41)28-7-18-44-22-28/h1-5,7,9-10,18-19,22,36H,6,8,11-17,20-21,23-24H2,(H,37,38). The number of piperazine rings is 1. The molecule has 0 radical (unpaired) electrons. The van der Waals surface area contributed by atoms with E-state index in [1.165, 1.54) is 11.1 Å². The minimum atomic E-state index is -0.495. The fourth-order valence-electron chi connectivity index (χ4n) is 7.01. The van der Waals surface area contributed by atoms with Crippen LogP contribution in [0.15, 0.2) is 65.6 Å². The van der Waals surface area contributed by atoms with Crippen LogP contribution >= 0.6 is 11.3 Å². The molecule has 7 rings (SSSR count). The van der Waals surface area contributed by atoms with E-state index in [2.05, 4.69) is 59.3 Å². The van der Waals surface area contributed by atoms with Crippen molar-refractivity contribution in [2.45, 2.75) is 19.3 Å². The molecular formula is C34H39N7O2S. The van der Waals surface area contributed by atoms with Gasteiger partial charge in [0.05, 0.1) is 17.5 Å². The predicted molar refractivity (Wildman–Crippen MR) is 174 cm³/mol. The van der Waals surface area contributed by atoms with Gasteiger partial charge in [-0.15, -0.1) is 0 Å². The number of rotatable bonds is 9. The molecule has 228 valence electrons. The van der Waals surface area contributed by atoms with Crippen LogP contribution in [0.4, 0.5) is 0 Å². The Kier molecular flexibility index (Phi) is 8.40. The van der Waals surface area contributed by atoms with E-state index in [4.69, 9.17) is 0 Å². The SMILES string of the molecule is O=C(CN1CCC(CN2CCNCC2)(C(=O)Cc2ccc3[nH]nc(-c4ccncc4)c3c2)C1)N1CC=C(c2ccsc2)CC1. The van der Waals surface area contributed by atoms with Gasteiger partial charge < -0.3 is 10.2 Å². The molecule has 3 aliphatic heterocycles. The maximum absolute atomic E-state index is 14.3. The van der Waals surface area contributed by atoms with Crippen LogP contribution in [-0.4, -0.2) is 107 Å². The first-order valence-electron chi connectivity index (χ1n) is 15.6. The van der Waals surface area contributed by atoms with Crippen molar-refractivity contribution in [3.63, 3.8) is 0 Å². The summed E-state index contributed by atoms with van der Waals surface area (Å²) in [6.45, 7) is 7.67. The number of aromatic nitrogens is 3. The van der Waals surface area contributed by atoms with Crippen LogP contribution in [0.3, 0.4) is 0 Å². The van der Waals surface area contributed by atoms with Crippen molar-refractivity contribution in [1.82, 2.24) is 35.2 Å². The van der Waals surface area contributed by atoms with Gasteiger partial charge in [-0.05, 0) is 77.2 Å². The van der Waals surface area contributed by atoms with E-state index >= 15 is 0 Å². The summed E-state index contributed by atoms with van der Waals surface area (Å²) in [5.41, 5.74) is 5.92. The van der Waals surface area contributed by atoms with Crippen LogP contribution in [-0.2, 0) is 16.0 Å². The van der Waals surface area contributed by atoms with Gasteiger partial charge in [-0.1, -0.05) is 12.1 Å². The molecule has 2 fully saturated rings. The smallest absolute Gasteiger partial charge is 0.237 e. The van der Waals surface area contributed by atoms with Gasteiger partial charge in [0.2, 0.25) is 5.91 Å². The fourth-order valence-corrected chi connectivity index (χ4v) is 7.69. The number of carbonyl (C=O) groups is 2. The zero-order chi connectivity index (χ0) is 29.9. The number of hydrogen-bond donors (Lipinski definition) is 2. The van der Waals surface area contributed by atoms with Crippen LogP contribution in [0.25, 0.3) is 27.7 Å². The third kappa shape index (κ3) is 6.12. The Labute approximate surface area is 261 Å². The summed E-state index contributed by atoms with van der Waals surface area (Å²) in [4.78, 5) is 38.5. The molecule has 2 N–H and O–H groups in total. The van der Waals surface area contributed by atoms with Crippen LogP contribution in [0, 0.1) is 5.41 Å². The number of H-pyrrole nitrogens is 1. The molecule has 3 aromatic heterocycles. The van der Waals surface area contributed by atoms with Crippen LogP contribution < -0.4 is 5.32 Å². The molecule has 0 aliphatic carbocycles. The van der Waals surface area contributed by atoms with Gasteiger partial charge >= 0.3 is 0 Å². The first-order valence-corrected chi connectivity index (χ1v) is 16.6. The molecule has 9 nitrogen and oxygen atoms in total. The first kappa shape index (κ1) is 29.0. The van der Waals surface area contributed by atoms with Gasteiger partial charge in [0.15, 0.2) is 0 Å². The number of hydrogen-bond acceptors (Lipinski definition) is 8. The lowest BCUT2D eigenvalue weighted by Crippen LogP contribution is -2.52.